The summed E-state index contributed by atoms with van der Waals surface area (Å²) in [6.45, 7) is 4.20. The second-order valence-electron chi connectivity index (χ2n) is 7.70. The minimum atomic E-state index is -0.800. The molecule has 1 aromatic heterocycles. The molecule has 2 aromatic carbocycles. The fourth-order valence-electron chi connectivity index (χ4n) is 3.89. The highest BCUT2D eigenvalue weighted by Crippen LogP contribution is 2.44. The van der Waals surface area contributed by atoms with Crippen molar-refractivity contribution in [1.29, 1.82) is 0 Å². The molecule has 0 unspecified atom stereocenters. The summed E-state index contributed by atoms with van der Waals surface area (Å²) >= 11 is 3.49. The van der Waals surface area contributed by atoms with Crippen LogP contribution in [-0.2, 0) is 5.41 Å². The molecular formula is C22H22BrNO4. The molecule has 0 fully saturated rings. The number of aromatic amines is 1. The van der Waals surface area contributed by atoms with Crippen LogP contribution in [0.25, 0.3) is 10.9 Å². The summed E-state index contributed by atoms with van der Waals surface area (Å²) in [7, 11) is 0. The Hall–Kier alpha value is -2.15. The average molecular weight is 444 g/mol. The SMILES string of the molecule is CC1(C)c2ccc(OCC[C@H](O)CO)cc2C(=O)c2c1[nH]c1cc(Br)ccc21. The van der Waals surface area contributed by atoms with E-state index in [2.05, 4.69) is 34.8 Å². The number of carbonyl (C=O) groups excluding carboxylic acids is 1. The topological polar surface area (TPSA) is 82.5 Å². The highest BCUT2D eigenvalue weighted by Gasteiger charge is 2.39. The summed E-state index contributed by atoms with van der Waals surface area (Å²) in [5.74, 6) is 0.567. The number of fused-ring (bicyclic) bond motifs is 4. The van der Waals surface area contributed by atoms with Gasteiger partial charge in [-0.3, -0.25) is 4.79 Å². The van der Waals surface area contributed by atoms with Gasteiger partial charge in [0, 0.05) is 38.5 Å². The van der Waals surface area contributed by atoms with E-state index in [1.54, 1.807) is 6.07 Å². The molecule has 3 aromatic rings. The van der Waals surface area contributed by atoms with Gasteiger partial charge in [0.15, 0.2) is 5.78 Å². The van der Waals surface area contributed by atoms with E-state index in [0.717, 1.165) is 26.6 Å². The van der Waals surface area contributed by atoms with Crippen molar-refractivity contribution in [3.63, 3.8) is 0 Å². The van der Waals surface area contributed by atoms with Crippen LogP contribution >= 0.6 is 15.9 Å². The zero-order valence-electron chi connectivity index (χ0n) is 15.8. The lowest BCUT2D eigenvalue weighted by atomic mass is 9.71. The van der Waals surface area contributed by atoms with E-state index < -0.39 is 6.10 Å². The van der Waals surface area contributed by atoms with Gasteiger partial charge in [0.1, 0.15) is 5.75 Å². The smallest absolute Gasteiger partial charge is 0.195 e. The van der Waals surface area contributed by atoms with Crippen molar-refractivity contribution in [3.05, 3.63) is 63.3 Å². The number of ketones is 1. The van der Waals surface area contributed by atoms with Gasteiger partial charge in [-0.1, -0.05) is 41.9 Å². The summed E-state index contributed by atoms with van der Waals surface area (Å²) in [6.07, 6.45) is -0.472. The highest BCUT2D eigenvalue weighted by molar-refractivity contribution is 9.10. The standard InChI is InChI=1S/C22H22BrNO4/c1-22(2)17-6-4-14(28-8-7-13(26)11-25)10-16(17)20(27)19-15-5-3-12(23)9-18(15)24-21(19)22/h3-6,9-10,13,24-26H,7-8,11H2,1-2H3/t13-/m0/s1. The van der Waals surface area contributed by atoms with Crippen molar-refractivity contribution in [2.75, 3.05) is 13.2 Å². The Balaban J connectivity index is 1.75. The van der Waals surface area contributed by atoms with Crippen LogP contribution in [0.5, 0.6) is 5.75 Å². The lowest BCUT2D eigenvalue weighted by molar-refractivity contribution is 0.0753. The first-order valence-electron chi connectivity index (χ1n) is 9.25. The Labute approximate surface area is 171 Å². The van der Waals surface area contributed by atoms with Crippen molar-refractivity contribution < 1.29 is 19.7 Å². The highest BCUT2D eigenvalue weighted by atomic mass is 79.9. The van der Waals surface area contributed by atoms with Crippen LogP contribution in [0.3, 0.4) is 0 Å². The van der Waals surface area contributed by atoms with Crippen molar-refractivity contribution in [2.24, 2.45) is 0 Å². The average Bonchev–Trinajstić information content (AvgIpc) is 3.06. The quantitative estimate of drug-likeness (QED) is 0.557. The molecule has 28 heavy (non-hydrogen) atoms. The monoisotopic (exact) mass is 443 g/mol. The normalized spacial score (nSPS) is 16.0. The summed E-state index contributed by atoms with van der Waals surface area (Å²) in [5.41, 5.74) is 3.82. The van der Waals surface area contributed by atoms with Gasteiger partial charge in [0.05, 0.1) is 24.9 Å². The maximum Gasteiger partial charge on any atom is 0.195 e. The Bertz CT molecular complexity index is 1070. The number of ether oxygens (including phenoxy) is 1. The van der Waals surface area contributed by atoms with Crippen LogP contribution in [0.4, 0.5) is 0 Å². The molecule has 0 saturated carbocycles. The van der Waals surface area contributed by atoms with E-state index in [1.807, 2.05) is 30.3 Å². The van der Waals surface area contributed by atoms with Crippen LogP contribution in [0, 0.1) is 0 Å². The summed E-state index contributed by atoms with van der Waals surface area (Å²) in [5, 5.41) is 19.3. The predicted octanol–water partition coefficient (Wildman–Crippen LogP) is 3.92. The van der Waals surface area contributed by atoms with Gasteiger partial charge in [-0.05, 0) is 29.8 Å². The third-order valence-corrected chi connectivity index (χ3v) is 5.95. The van der Waals surface area contributed by atoms with Crippen molar-refractivity contribution in [2.45, 2.75) is 31.8 Å². The zero-order valence-corrected chi connectivity index (χ0v) is 17.3. The summed E-state index contributed by atoms with van der Waals surface area (Å²) in [6, 6.07) is 11.5. The number of rotatable bonds is 5. The van der Waals surface area contributed by atoms with Gasteiger partial charge in [-0.2, -0.15) is 0 Å². The van der Waals surface area contributed by atoms with E-state index in [1.165, 1.54) is 0 Å². The minimum absolute atomic E-state index is 0.0151. The largest absolute Gasteiger partial charge is 0.493 e. The van der Waals surface area contributed by atoms with Gasteiger partial charge in [0.25, 0.3) is 0 Å². The number of nitrogens with one attached hydrogen (secondary N) is 1. The maximum absolute atomic E-state index is 13.4. The molecule has 0 spiro atoms. The number of aliphatic hydroxyl groups excluding tert-OH is 2. The van der Waals surface area contributed by atoms with Gasteiger partial charge in [-0.25, -0.2) is 0 Å². The molecule has 5 nitrogen and oxygen atoms in total. The predicted molar refractivity (Wildman–Crippen MR) is 111 cm³/mol. The molecule has 146 valence electrons. The Morgan fingerprint density at radius 2 is 2.00 bits per heavy atom. The second-order valence-corrected chi connectivity index (χ2v) is 8.62. The van der Waals surface area contributed by atoms with Crippen LogP contribution in [0.15, 0.2) is 40.9 Å². The van der Waals surface area contributed by atoms with Gasteiger partial charge < -0.3 is 19.9 Å². The Morgan fingerprint density at radius 1 is 1.21 bits per heavy atom. The number of aromatic nitrogens is 1. The Kier molecular flexibility index (Phi) is 4.81. The van der Waals surface area contributed by atoms with E-state index in [9.17, 15) is 9.90 Å². The van der Waals surface area contributed by atoms with E-state index in [0.29, 0.717) is 23.3 Å². The molecule has 0 amide bonds. The number of benzene rings is 2. The lowest BCUT2D eigenvalue weighted by Gasteiger charge is -2.32. The van der Waals surface area contributed by atoms with Gasteiger partial charge >= 0.3 is 0 Å². The first-order chi connectivity index (χ1) is 13.3. The zero-order chi connectivity index (χ0) is 20.1. The van der Waals surface area contributed by atoms with Crippen LogP contribution in [0.1, 0.15) is 47.4 Å². The van der Waals surface area contributed by atoms with Gasteiger partial charge in [-0.15, -0.1) is 0 Å². The number of H-pyrrole nitrogens is 1. The minimum Gasteiger partial charge on any atom is -0.493 e. The first-order valence-corrected chi connectivity index (χ1v) is 10.0. The van der Waals surface area contributed by atoms with Crippen molar-refractivity contribution in [3.8, 4) is 5.75 Å². The fourth-order valence-corrected chi connectivity index (χ4v) is 4.25. The summed E-state index contributed by atoms with van der Waals surface area (Å²) in [4.78, 5) is 16.8. The van der Waals surface area contributed by atoms with E-state index >= 15 is 0 Å². The molecule has 1 aliphatic rings. The molecule has 1 aliphatic carbocycles. The molecule has 4 rings (SSSR count). The third-order valence-electron chi connectivity index (χ3n) is 5.45. The molecule has 0 saturated heterocycles. The molecule has 0 bridgehead atoms. The van der Waals surface area contributed by atoms with Crippen molar-refractivity contribution in [1.82, 2.24) is 4.98 Å². The maximum atomic E-state index is 13.4. The number of carbonyl (C=O) groups is 1. The molecule has 0 aliphatic heterocycles. The Morgan fingerprint density at radius 3 is 2.75 bits per heavy atom. The number of hydrogen-bond acceptors (Lipinski definition) is 4. The lowest BCUT2D eigenvalue weighted by Crippen LogP contribution is -2.30. The number of halogens is 1. The molecule has 1 heterocycles. The second kappa shape index (κ2) is 7.03. The van der Waals surface area contributed by atoms with Crippen LogP contribution in [0.2, 0.25) is 0 Å². The molecule has 1 atom stereocenters. The fraction of sp³-hybridized carbons (Fsp3) is 0.318. The van der Waals surface area contributed by atoms with Gasteiger partial charge in [0.2, 0.25) is 0 Å². The van der Waals surface area contributed by atoms with Crippen LogP contribution < -0.4 is 4.74 Å². The molecule has 3 N–H and O–H groups in total. The van der Waals surface area contributed by atoms with Crippen LogP contribution in [-0.4, -0.2) is 40.3 Å². The first kappa shape index (κ1) is 19.2. The molecular weight excluding hydrogens is 422 g/mol. The van der Waals surface area contributed by atoms with E-state index in [4.69, 9.17) is 9.84 Å². The summed E-state index contributed by atoms with van der Waals surface area (Å²) < 4.78 is 6.66. The van der Waals surface area contributed by atoms with E-state index in [-0.39, 0.29) is 24.4 Å². The molecule has 0 radical (unpaired) electrons. The molecule has 6 heteroatoms. The number of aliphatic hydroxyl groups is 2. The van der Waals surface area contributed by atoms with Crippen molar-refractivity contribution >= 4 is 32.6 Å². The third kappa shape index (κ3) is 3.05. The number of hydrogen-bond donors (Lipinski definition) is 3.